The lowest BCUT2D eigenvalue weighted by molar-refractivity contribution is 0.670. The van der Waals surface area contributed by atoms with Gasteiger partial charge in [0.15, 0.2) is 17.5 Å². The molecule has 0 saturated heterocycles. The van der Waals surface area contributed by atoms with Gasteiger partial charge in [-0.15, -0.1) is 0 Å². The minimum absolute atomic E-state index is 0.592. The summed E-state index contributed by atoms with van der Waals surface area (Å²) >= 11 is 0. The van der Waals surface area contributed by atoms with Crippen molar-refractivity contribution >= 4 is 43.5 Å². The molecule has 0 bridgehead atoms. The Morgan fingerprint density at radius 1 is 0.333 bits per heavy atom. The van der Waals surface area contributed by atoms with E-state index in [0.717, 1.165) is 66.1 Å². The normalized spacial score (nSPS) is 11.5. The molecular weight excluding hydrogens is 623 g/mol. The van der Waals surface area contributed by atoms with Gasteiger partial charge in [0.2, 0.25) is 0 Å². The van der Waals surface area contributed by atoms with Crippen LogP contribution >= 0.6 is 0 Å². The van der Waals surface area contributed by atoms with E-state index in [9.17, 15) is 0 Å². The molecule has 0 aliphatic rings. The van der Waals surface area contributed by atoms with E-state index >= 15 is 0 Å². The van der Waals surface area contributed by atoms with Crippen molar-refractivity contribution in [1.29, 1.82) is 0 Å². The monoisotopic (exact) mass is 651 g/mol. The van der Waals surface area contributed by atoms with Gasteiger partial charge in [-0.2, -0.15) is 0 Å². The minimum Gasteiger partial charge on any atom is -0.455 e. The third-order valence-corrected chi connectivity index (χ3v) is 9.70. The molecule has 10 aromatic rings. The van der Waals surface area contributed by atoms with Crippen molar-refractivity contribution in [3.05, 3.63) is 176 Å². The zero-order chi connectivity index (χ0) is 33.7. The fourth-order valence-electron chi connectivity index (χ4n) is 7.24. The van der Waals surface area contributed by atoms with Crippen LogP contribution in [0.25, 0.3) is 99.9 Å². The van der Waals surface area contributed by atoms with Crippen molar-refractivity contribution in [2.45, 2.75) is 0 Å². The predicted molar refractivity (Wildman–Crippen MR) is 209 cm³/mol. The van der Waals surface area contributed by atoms with Crippen molar-refractivity contribution in [2.75, 3.05) is 0 Å². The van der Waals surface area contributed by atoms with Gasteiger partial charge in [-0.3, -0.25) is 0 Å². The molecule has 2 heterocycles. The van der Waals surface area contributed by atoms with Gasteiger partial charge < -0.3 is 4.42 Å². The van der Waals surface area contributed by atoms with Crippen molar-refractivity contribution in [1.82, 2.24) is 15.0 Å². The third kappa shape index (κ3) is 5.04. The summed E-state index contributed by atoms with van der Waals surface area (Å²) in [5.41, 5.74) is 8.76. The third-order valence-electron chi connectivity index (χ3n) is 9.70. The summed E-state index contributed by atoms with van der Waals surface area (Å²) < 4.78 is 6.77. The standard InChI is InChI=1S/C47H29N3O/c1-3-13-31(14-4-1)39-25-26-40(43-41-28-33-18-7-8-19-34(33)29-42(41)51-44(39)43)47-49-45(32-16-5-2-6-17-32)48-46(50-47)36-22-11-21-35(27-36)38-24-12-20-30-15-9-10-23-37(30)38/h1-29H. The van der Waals surface area contributed by atoms with Gasteiger partial charge in [0, 0.05) is 33.0 Å². The highest BCUT2D eigenvalue weighted by Gasteiger charge is 2.21. The van der Waals surface area contributed by atoms with E-state index in [1.807, 2.05) is 36.4 Å². The second kappa shape index (κ2) is 11.9. The van der Waals surface area contributed by atoms with E-state index in [4.69, 9.17) is 19.4 Å². The minimum atomic E-state index is 0.592. The Labute approximate surface area is 294 Å². The first-order valence-corrected chi connectivity index (χ1v) is 17.1. The van der Waals surface area contributed by atoms with Gasteiger partial charge in [0.05, 0.1) is 0 Å². The van der Waals surface area contributed by atoms with Gasteiger partial charge in [0.25, 0.3) is 0 Å². The molecule has 51 heavy (non-hydrogen) atoms. The van der Waals surface area contributed by atoms with E-state index in [-0.39, 0.29) is 0 Å². The Balaban J connectivity index is 1.23. The summed E-state index contributed by atoms with van der Waals surface area (Å²) in [6.07, 6.45) is 0. The predicted octanol–water partition coefficient (Wildman–Crippen LogP) is 12.4. The lowest BCUT2D eigenvalue weighted by atomic mass is 9.96. The van der Waals surface area contributed by atoms with Crippen LogP contribution in [0.3, 0.4) is 0 Å². The summed E-state index contributed by atoms with van der Waals surface area (Å²) in [5, 5.41) is 6.70. The van der Waals surface area contributed by atoms with E-state index in [1.165, 1.54) is 16.3 Å². The van der Waals surface area contributed by atoms with E-state index in [0.29, 0.717) is 17.5 Å². The smallest absolute Gasteiger partial charge is 0.164 e. The highest BCUT2D eigenvalue weighted by Crippen LogP contribution is 2.43. The largest absolute Gasteiger partial charge is 0.455 e. The maximum atomic E-state index is 6.77. The number of nitrogens with zero attached hydrogens (tertiary/aromatic N) is 3. The summed E-state index contributed by atoms with van der Waals surface area (Å²) in [4.78, 5) is 15.5. The summed E-state index contributed by atoms with van der Waals surface area (Å²) in [7, 11) is 0. The first-order valence-electron chi connectivity index (χ1n) is 17.1. The molecule has 4 heteroatoms. The van der Waals surface area contributed by atoms with Crippen LogP contribution in [0.5, 0.6) is 0 Å². The van der Waals surface area contributed by atoms with Crippen LogP contribution in [0, 0.1) is 0 Å². The van der Waals surface area contributed by atoms with Crippen LogP contribution in [0.2, 0.25) is 0 Å². The molecule has 0 saturated carbocycles. The molecule has 0 spiro atoms. The zero-order valence-electron chi connectivity index (χ0n) is 27.5. The number of hydrogen-bond acceptors (Lipinski definition) is 4. The molecule has 0 fully saturated rings. The molecule has 0 aliphatic carbocycles. The second-order valence-corrected chi connectivity index (χ2v) is 12.8. The van der Waals surface area contributed by atoms with Gasteiger partial charge in [-0.25, -0.2) is 15.0 Å². The molecule has 0 amide bonds. The van der Waals surface area contributed by atoms with Crippen LogP contribution in [0.15, 0.2) is 180 Å². The Hall–Kier alpha value is -6.91. The number of fused-ring (bicyclic) bond motifs is 5. The second-order valence-electron chi connectivity index (χ2n) is 12.8. The van der Waals surface area contributed by atoms with Gasteiger partial charge >= 0.3 is 0 Å². The molecule has 0 radical (unpaired) electrons. The quantitative estimate of drug-likeness (QED) is 0.186. The maximum Gasteiger partial charge on any atom is 0.164 e. The highest BCUT2D eigenvalue weighted by atomic mass is 16.3. The Kier molecular flexibility index (Phi) is 6.78. The first-order chi connectivity index (χ1) is 25.3. The molecule has 0 atom stereocenters. The maximum absolute atomic E-state index is 6.77. The van der Waals surface area contributed by atoms with Crippen LogP contribution in [0.1, 0.15) is 0 Å². The van der Waals surface area contributed by atoms with Crippen molar-refractivity contribution in [3.63, 3.8) is 0 Å². The van der Waals surface area contributed by atoms with Crippen LogP contribution in [-0.4, -0.2) is 15.0 Å². The van der Waals surface area contributed by atoms with Crippen LogP contribution in [-0.2, 0) is 0 Å². The van der Waals surface area contributed by atoms with Gasteiger partial charge in [-0.05, 0) is 68.6 Å². The summed E-state index contributed by atoms with van der Waals surface area (Å²) in [6.45, 7) is 0. The molecule has 0 unspecified atom stereocenters. The van der Waals surface area contributed by atoms with Gasteiger partial charge in [0.1, 0.15) is 11.2 Å². The average molecular weight is 652 g/mol. The molecule has 0 aliphatic heterocycles. The zero-order valence-corrected chi connectivity index (χ0v) is 27.5. The lowest BCUT2D eigenvalue weighted by Gasteiger charge is -2.12. The van der Waals surface area contributed by atoms with Crippen molar-refractivity contribution in [2.24, 2.45) is 0 Å². The number of furan rings is 1. The average Bonchev–Trinajstić information content (AvgIpc) is 3.58. The number of aromatic nitrogens is 3. The molecule has 238 valence electrons. The number of benzene rings is 8. The van der Waals surface area contributed by atoms with Crippen LogP contribution in [0.4, 0.5) is 0 Å². The van der Waals surface area contributed by atoms with E-state index in [1.54, 1.807) is 0 Å². The van der Waals surface area contributed by atoms with Crippen molar-refractivity contribution < 1.29 is 4.42 Å². The molecule has 8 aromatic carbocycles. The molecule has 4 nitrogen and oxygen atoms in total. The molecule has 10 rings (SSSR count). The SMILES string of the molecule is c1ccc(-c2nc(-c3cccc(-c4cccc5ccccc45)c3)nc(-c3ccc(-c4ccccc4)c4oc5cc6ccccc6cc5c34)n2)cc1. The lowest BCUT2D eigenvalue weighted by Crippen LogP contribution is -2.00. The summed E-state index contributed by atoms with van der Waals surface area (Å²) in [6, 6.07) is 61.0. The fourth-order valence-corrected chi connectivity index (χ4v) is 7.24. The topological polar surface area (TPSA) is 51.8 Å². The highest BCUT2D eigenvalue weighted by molar-refractivity contribution is 6.18. The molecular formula is C47H29N3O. The Morgan fingerprint density at radius 3 is 1.71 bits per heavy atom. The van der Waals surface area contributed by atoms with Crippen LogP contribution < -0.4 is 0 Å². The van der Waals surface area contributed by atoms with E-state index in [2.05, 4.69) is 140 Å². The van der Waals surface area contributed by atoms with Crippen molar-refractivity contribution in [3.8, 4) is 56.4 Å². The van der Waals surface area contributed by atoms with E-state index < -0.39 is 0 Å². The summed E-state index contributed by atoms with van der Waals surface area (Å²) in [5.74, 6) is 1.82. The Morgan fingerprint density at radius 2 is 0.902 bits per heavy atom. The number of hydrogen-bond donors (Lipinski definition) is 0. The van der Waals surface area contributed by atoms with Gasteiger partial charge in [-0.1, -0.05) is 146 Å². The first kappa shape index (κ1) is 29.0. The Bertz CT molecular complexity index is 2910. The number of rotatable bonds is 5. The molecule has 0 N–H and O–H groups in total. The fraction of sp³-hybridized carbons (Fsp3) is 0. The molecule has 2 aromatic heterocycles.